The summed E-state index contributed by atoms with van der Waals surface area (Å²) in [6.45, 7) is 2.00. The van der Waals surface area contributed by atoms with Crippen molar-refractivity contribution < 1.29 is 0 Å². The number of aromatic nitrogens is 1. The summed E-state index contributed by atoms with van der Waals surface area (Å²) in [6.07, 6.45) is 0. The Labute approximate surface area is 109 Å². The summed E-state index contributed by atoms with van der Waals surface area (Å²) < 4.78 is 2.90. The minimum absolute atomic E-state index is 0.0532. The highest BCUT2D eigenvalue weighted by Crippen LogP contribution is 2.34. The molecular weight excluding hydrogens is 242 g/mol. The lowest BCUT2D eigenvalue weighted by Crippen LogP contribution is -2.15. The van der Waals surface area contributed by atoms with Gasteiger partial charge in [-0.2, -0.15) is 0 Å². The summed E-state index contributed by atoms with van der Waals surface area (Å²) in [5, 5.41) is 0. The molecule has 0 spiro atoms. The minimum Gasteiger partial charge on any atom is -0.310 e. The lowest BCUT2D eigenvalue weighted by atomic mass is 10.2. The van der Waals surface area contributed by atoms with Gasteiger partial charge in [0.15, 0.2) is 0 Å². The number of hydrogen-bond acceptors (Lipinski definition) is 2. The monoisotopic (exact) mass is 255 g/mol. The molecule has 0 atom stereocenters. The third-order valence-electron chi connectivity index (χ3n) is 3.16. The van der Waals surface area contributed by atoms with Crippen molar-refractivity contribution in [2.24, 2.45) is 7.05 Å². The molecule has 0 unspecified atom stereocenters. The molecule has 3 aromatic rings. The Morgan fingerprint density at radius 2 is 1.83 bits per heavy atom. The number of benzene rings is 1. The van der Waals surface area contributed by atoms with Crippen LogP contribution in [-0.4, -0.2) is 4.57 Å². The van der Waals surface area contributed by atoms with E-state index in [0.717, 1.165) is 11.1 Å². The molecule has 0 aliphatic carbocycles. The zero-order valence-electron chi connectivity index (χ0n) is 10.3. The van der Waals surface area contributed by atoms with Gasteiger partial charge in [-0.25, -0.2) is 0 Å². The van der Waals surface area contributed by atoms with Crippen LogP contribution in [-0.2, 0) is 7.05 Å². The number of fused-ring (bicyclic) bond motifs is 1. The molecule has 0 N–H and O–H groups in total. The summed E-state index contributed by atoms with van der Waals surface area (Å²) in [5.74, 6) is 0. The fourth-order valence-corrected chi connectivity index (χ4v) is 3.29. The molecule has 0 saturated heterocycles. The minimum atomic E-state index is 0.0532. The molecule has 2 nitrogen and oxygen atoms in total. The lowest BCUT2D eigenvalue weighted by molar-refractivity contribution is 0.905. The Kier molecular flexibility index (Phi) is 2.56. The quantitative estimate of drug-likeness (QED) is 0.651. The smallest absolute Gasteiger partial charge is 0.251 e. The molecule has 0 fully saturated rings. The van der Waals surface area contributed by atoms with Crippen LogP contribution in [0.3, 0.4) is 0 Å². The van der Waals surface area contributed by atoms with E-state index in [1.165, 1.54) is 15.1 Å². The van der Waals surface area contributed by atoms with Crippen LogP contribution in [0, 0.1) is 6.92 Å². The number of nitrogens with zero attached hydrogens (tertiary/aromatic N) is 1. The number of pyridine rings is 1. The van der Waals surface area contributed by atoms with Gasteiger partial charge in [0.1, 0.15) is 0 Å². The van der Waals surface area contributed by atoms with Gasteiger partial charge in [-0.3, -0.25) is 4.79 Å². The molecule has 0 amide bonds. The van der Waals surface area contributed by atoms with E-state index in [-0.39, 0.29) is 5.56 Å². The van der Waals surface area contributed by atoms with Crippen molar-refractivity contribution in [1.82, 2.24) is 4.57 Å². The van der Waals surface area contributed by atoms with Crippen molar-refractivity contribution in [3.8, 4) is 10.4 Å². The van der Waals surface area contributed by atoms with E-state index in [1.807, 2.05) is 32.2 Å². The van der Waals surface area contributed by atoms with Crippen LogP contribution >= 0.6 is 11.3 Å². The first-order valence-electron chi connectivity index (χ1n) is 5.82. The van der Waals surface area contributed by atoms with Crippen molar-refractivity contribution in [3.63, 3.8) is 0 Å². The van der Waals surface area contributed by atoms with E-state index in [9.17, 15) is 4.79 Å². The maximum atomic E-state index is 11.8. The van der Waals surface area contributed by atoms with Crippen LogP contribution in [0.2, 0.25) is 0 Å². The van der Waals surface area contributed by atoms with Crippen LogP contribution in [0.1, 0.15) is 5.56 Å². The normalized spacial score (nSPS) is 11.0. The standard InChI is InChI=1S/C15H13NOS/c1-10-8-14(17)16(2)12-9-13(18-15(10)12)11-6-4-3-5-7-11/h3-9H,1-2H3. The van der Waals surface area contributed by atoms with Crippen LogP contribution in [0.15, 0.2) is 47.3 Å². The van der Waals surface area contributed by atoms with Gasteiger partial charge < -0.3 is 4.57 Å². The average Bonchev–Trinajstić information content (AvgIpc) is 2.83. The third kappa shape index (κ3) is 1.68. The van der Waals surface area contributed by atoms with Gasteiger partial charge in [0.05, 0.1) is 10.2 Å². The number of thiophene rings is 1. The van der Waals surface area contributed by atoms with Crippen molar-refractivity contribution in [3.05, 3.63) is 58.4 Å². The van der Waals surface area contributed by atoms with E-state index in [2.05, 4.69) is 18.2 Å². The topological polar surface area (TPSA) is 22.0 Å². The Morgan fingerprint density at radius 3 is 2.56 bits per heavy atom. The summed E-state index contributed by atoms with van der Waals surface area (Å²) in [4.78, 5) is 13.0. The molecule has 0 saturated carbocycles. The highest BCUT2D eigenvalue weighted by molar-refractivity contribution is 7.22. The number of aryl methyl sites for hydroxylation is 2. The van der Waals surface area contributed by atoms with E-state index in [0.29, 0.717) is 0 Å². The van der Waals surface area contributed by atoms with E-state index in [4.69, 9.17) is 0 Å². The zero-order chi connectivity index (χ0) is 12.7. The molecule has 0 bridgehead atoms. The molecule has 18 heavy (non-hydrogen) atoms. The second-order valence-electron chi connectivity index (χ2n) is 4.42. The molecule has 3 rings (SSSR count). The maximum Gasteiger partial charge on any atom is 0.251 e. The van der Waals surface area contributed by atoms with Gasteiger partial charge in [0.2, 0.25) is 0 Å². The molecule has 0 aliphatic heterocycles. The Balaban J connectivity index is 2.33. The first-order chi connectivity index (χ1) is 8.66. The maximum absolute atomic E-state index is 11.8. The van der Waals surface area contributed by atoms with Gasteiger partial charge in [0, 0.05) is 18.0 Å². The van der Waals surface area contributed by atoms with E-state index in [1.54, 1.807) is 22.0 Å². The van der Waals surface area contributed by atoms with E-state index >= 15 is 0 Å². The molecule has 1 aromatic carbocycles. The SMILES string of the molecule is Cc1cc(=O)n(C)c2cc(-c3ccccc3)sc12. The summed E-state index contributed by atoms with van der Waals surface area (Å²) in [6, 6.07) is 14.1. The first kappa shape index (κ1) is 11.2. The Morgan fingerprint density at radius 1 is 1.11 bits per heavy atom. The fraction of sp³-hybridized carbons (Fsp3) is 0.133. The third-order valence-corrected chi connectivity index (χ3v) is 4.47. The molecule has 3 heteroatoms. The number of hydrogen-bond donors (Lipinski definition) is 0. The van der Waals surface area contributed by atoms with Gasteiger partial charge in [-0.05, 0) is 24.1 Å². The Hall–Kier alpha value is -1.87. The largest absolute Gasteiger partial charge is 0.310 e. The van der Waals surface area contributed by atoms with Crippen LogP contribution in [0.4, 0.5) is 0 Å². The van der Waals surface area contributed by atoms with Crippen LogP contribution in [0.5, 0.6) is 0 Å². The average molecular weight is 255 g/mol. The fourth-order valence-electron chi connectivity index (χ4n) is 2.12. The summed E-state index contributed by atoms with van der Waals surface area (Å²) in [5.41, 5.74) is 3.33. The molecule has 2 heterocycles. The molecule has 0 radical (unpaired) electrons. The first-order valence-corrected chi connectivity index (χ1v) is 6.64. The van der Waals surface area contributed by atoms with E-state index < -0.39 is 0 Å². The predicted octanol–water partition coefficient (Wildman–Crippen LogP) is 3.58. The van der Waals surface area contributed by atoms with Gasteiger partial charge in [-0.15, -0.1) is 11.3 Å². The molecular formula is C15H13NOS. The summed E-state index contributed by atoms with van der Waals surface area (Å²) >= 11 is 1.74. The second-order valence-corrected chi connectivity index (χ2v) is 5.47. The van der Waals surface area contributed by atoms with Crippen LogP contribution < -0.4 is 5.56 Å². The highest BCUT2D eigenvalue weighted by atomic mass is 32.1. The van der Waals surface area contributed by atoms with Crippen LogP contribution in [0.25, 0.3) is 20.7 Å². The highest BCUT2D eigenvalue weighted by Gasteiger charge is 2.09. The molecule has 2 aromatic heterocycles. The van der Waals surface area contributed by atoms with Crippen molar-refractivity contribution >= 4 is 21.6 Å². The molecule has 0 aliphatic rings. The molecule has 90 valence electrons. The van der Waals surface area contributed by atoms with Gasteiger partial charge in [-0.1, -0.05) is 30.3 Å². The second kappa shape index (κ2) is 4.10. The van der Waals surface area contributed by atoms with Crippen molar-refractivity contribution in [1.29, 1.82) is 0 Å². The number of rotatable bonds is 1. The van der Waals surface area contributed by atoms with Gasteiger partial charge >= 0.3 is 0 Å². The summed E-state index contributed by atoms with van der Waals surface area (Å²) in [7, 11) is 1.82. The van der Waals surface area contributed by atoms with Gasteiger partial charge in [0.25, 0.3) is 5.56 Å². The zero-order valence-corrected chi connectivity index (χ0v) is 11.1. The Bertz CT molecular complexity index is 768. The predicted molar refractivity (Wildman–Crippen MR) is 77.2 cm³/mol. The van der Waals surface area contributed by atoms with Crippen molar-refractivity contribution in [2.75, 3.05) is 0 Å². The lowest BCUT2D eigenvalue weighted by Gasteiger charge is -2.00. The van der Waals surface area contributed by atoms with Crippen molar-refractivity contribution in [2.45, 2.75) is 6.92 Å².